The fourth-order valence-corrected chi connectivity index (χ4v) is 3.11. The second-order valence-corrected chi connectivity index (χ2v) is 7.59. The Morgan fingerprint density at radius 3 is 2.28 bits per heavy atom. The molecule has 1 aliphatic carbocycles. The van der Waals surface area contributed by atoms with Crippen molar-refractivity contribution in [3.05, 3.63) is 45.2 Å². The summed E-state index contributed by atoms with van der Waals surface area (Å²) >= 11 is 6.10. The quantitative estimate of drug-likeness (QED) is 0.491. The van der Waals surface area contributed by atoms with Gasteiger partial charge in [-0.2, -0.15) is 13.9 Å². The van der Waals surface area contributed by atoms with Crippen LogP contribution in [0.25, 0.3) is 0 Å². The number of benzene rings is 1. The highest BCUT2D eigenvalue weighted by atomic mass is 35.5. The third-order valence-corrected chi connectivity index (χ3v) is 5.37. The number of aromatic nitrogens is 2. The number of nitrogens with zero attached hydrogens (tertiary/aromatic N) is 3. The lowest BCUT2D eigenvalue weighted by Crippen LogP contribution is -2.29. The van der Waals surface area contributed by atoms with Crippen LogP contribution in [0, 0.1) is 36.1 Å². The van der Waals surface area contributed by atoms with Gasteiger partial charge in [-0.15, -0.1) is 0 Å². The number of halogens is 5. The molecule has 1 fully saturated rings. The van der Waals surface area contributed by atoms with Crippen molar-refractivity contribution in [2.45, 2.75) is 32.7 Å². The smallest absolute Gasteiger partial charge is 0.228 e. The van der Waals surface area contributed by atoms with Crippen molar-refractivity contribution in [1.29, 1.82) is 0 Å². The number of aryl methyl sites for hydroxylation is 2. The van der Waals surface area contributed by atoms with Crippen LogP contribution in [0.5, 0.6) is 5.75 Å². The number of hydrogen-bond acceptors (Lipinski definition) is 3. The first-order chi connectivity index (χ1) is 13.6. The third kappa shape index (κ3) is 4.34. The van der Waals surface area contributed by atoms with E-state index in [9.17, 15) is 22.4 Å². The predicted molar refractivity (Wildman–Crippen MR) is 97.6 cm³/mol. The van der Waals surface area contributed by atoms with E-state index < -0.39 is 47.0 Å². The van der Waals surface area contributed by atoms with E-state index in [1.54, 1.807) is 14.0 Å². The van der Waals surface area contributed by atoms with Crippen LogP contribution >= 0.6 is 11.6 Å². The van der Waals surface area contributed by atoms with Gasteiger partial charge in [-0.05, 0) is 25.7 Å². The summed E-state index contributed by atoms with van der Waals surface area (Å²) in [6, 6.07) is 0. The molecule has 0 spiro atoms. The minimum absolute atomic E-state index is 0.00463. The number of likely N-dealkylation sites (N-methyl/N-ethyl adjacent to an activating group) is 1. The fourth-order valence-electron chi connectivity index (χ4n) is 2.88. The largest absolute Gasteiger partial charge is 0.487 e. The molecule has 5 nitrogen and oxygen atoms in total. The molecular formula is C19H20ClF4N3O2. The maximum atomic E-state index is 14.4. The Hall–Kier alpha value is -2.29. The van der Waals surface area contributed by atoms with Gasteiger partial charge >= 0.3 is 0 Å². The van der Waals surface area contributed by atoms with E-state index in [1.165, 1.54) is 11.7 Å². The van der Waals surface area contributed by atoms with Gasteiger partial charge in [0.1, 0.15) is 0 Å². The first-order valence-corrected chi connectivity index (χ1v) is 9.39. The molecule has 1 aromatic carbocycles. The van der Waals surface area contributed by atoms with Gasteiger partial charge in [0, 0.05) is 19.7 Å². The van der Waals surface area contributed by atoms with Gasteiger partial charge in [-0.3, -0.25) is 9.48 Å². The number of ether oxygens (including phenoxy) is 1. The Morgan fingerprint density at radius 1 is 1.21 bits per heavy atom. The molecule has 0 saturated heterocycles. The van der Waals surface area contributed by atoms with Crippen molar-refractivity contribution in [2.75, 3.05) is 13.7 Å². The average molecular weight is 434 g/mol. The summed E-state index contributed by atoms with van der Waals surface area (Å²) in [4.78, 5) is 13.4. The molecule has 1 heterocycles. The normalized spacial score (nSPS) is 13.7. The molecule has 1 amide bonds. The van der Waals surface area contributed by atoms with Crippen LogP contribution < -0.4 is 4.74 Å². The maximum absolute atomic E-state index is 14.4. The van der Waals surface area contributed by atoms with Crippen molar-refractivity contribution in [3.63, 3.8) is 0 Å². The first-order valence-electron chi connectivity index (χ1n) is 9.01. The number of hydrogen-bond donors (Lipinski definition) is 0. The summed E-state index contributed by atoms with van der Waals surface area (Å²) in [5.74, 6) is -7.85. The highest BCUT2D eigenvalue weighted by Gasteiger charge is 2.30. The molecule has 2 aromatic rings. The minimum atomic E-state index is -1.61. The molecule has 1 saturated carbocycles. The lowest BCUT2D eigenvalue weighted by molar-refractivity contribution is -0.129. The van der Waals surface area contributed by atoms with Gasteiger partial charge < -0.3 is 9.64 Å². The summed E-state index contributed by atoms with van der Waals surface area (Å²) in [5.41, 5.74) is 0.0627. The van der Waals surface area contributed by atoms with Gasteiger partial charge in [0.15, 0.2) is 17.4 Å². The standard InChI is InChI=1S/C19H20ClF4N3O2/c1-9-14(20)12(27(3)25-9)6-13(28)26(2)7-11-15(21)17(23)19(18(24)16(11)22)29-8-10-4-5-10/h10H,4-8H2,1-3H3. The van der Waals surface area contributed by atoms with Gasteiger partial charge in [0.25, 0.3) is 0 Å². The molecular weight excluding hydrogens is 414 g/mol. The molecule has 1 aromatic heterocycles. The summed E-state index contributed by atoms with van der Waals surface area (Å²) in [7, 11) is 2.87. The highest BCUT2D eigenvalue weighted by molar-refractivity contribution is 6.32. The van der Waals surface area contributed by atoms with Crippen LogP contribution in [0.1, 0.15) is 29.8 Å². The number of carbonyl (C=O) groups excluding carboxylic acids is 1. The Balaban J connectivity index is 1.78. The summed E-state index contributed by atoms with van der Waals surface area (Å²) < 4.78 is 63.6. The van der Waals surface area contributed by atoms with E-state index in [1.807, 2.05) is 0 Å². The Bertz CT molecular complexity index is 931. The second-order valence-electron chi connectivity index (χ2n) is 7.21. The van der Waals surface area contributed by atoms with Gasteiger partial charge in [-0.1, -0.05) is 11.6 Å². The molecule has 0 radical (unpaired) electrons. The summed E-state index contributed by atoms with van der Waals surface area (Å²) in [5, 5.41) is 4.39. The van der Waals surface area contributed by atoms with Crippen LogP contribution in [-0.2, 0) is 24.8 Å². The Labute approximate surface area is 170 Å². The van der Waals surface area contributed by atoms with Crippen LogP contribution in [0.15, 0.2) is 0 Å². The van der Waals surface area contributed by atoms with Crippen LogP contribution in [0.4, 0.5) is 17.6 Å². The van der Waals surface area contributed by atoms with Crippen molar-refractivity contribution in [2.24, 2.45) is 13.0 Å². The Kier molecular flexibility index (Phi) is 6.07. The molecule has 0 bridgehead atoms. The molecule has 10 heteroatoms. The SMILES string of the molecule is Cc1nn(C)c(CC(=O)N(C)Cc2c(F)c(F)c(OCC3CC3)c(F)c2F)c1Cl. The number of amides is 1. The number of rotatable bonds is 7. The lowest BCUT2D eigenvalue weighted by atomic mass is 10.1. The molecule has 0 aliphatic heterocycles. The molecule has 29 heavy (non-hydrogen) atoms. The summed E-state index contributed by atoms with van der Waals surface area (Å²) in [6.45, 7) is 1.00. The molecule has 0 unspecified atom stereocenters. The van der Waals surface area contributed by atoms with Crippen LogP contribution in [-0.4, -0.2) is 34.2 Å². The van der Waals surface area contributed by atoms with Crippen LogP contribution in [0.3, 0.4) is 0 Å². The van der Waals surface area contributed by atoms with Crippen LogP contribution in [0.2, 0.25) is 5.02 Å². The van der Waals surface area contributed by atoms with Crippen molar-refractivity contribution in [1.82, 2.24) is 14.7 Å². The lowest BCUT2D eigenvalue weighted by Gasteiger charge is -2.19. The average Bonchev–Trinajstić information content (AvgIpc) is 3.47. The van der Waals surface area contributed by atoms with Gasteiger partial charge in [-0.25, -0.2) is 8.78 Å². The van der Waals surface area contributed by atoms with E-state index in [4.69, 9.17) is 16.3 Å². The van der Waals surface area contributed by atoms with E-state index in [0.717, 1.165) is 17.7 Å². The molecule has 0 atom stereocenters. The van der Waals surface area contributed by atoms with Gasteiger partial charge in [0.2, 0.25) is 17.5 Å². The monoisotopic (exact) mass is 433 g/mol. The van der Waals surface area contributed by atoms with E-state index >= 15 is 0 Å². The Morgan fingerprint density at radius 2 is 1.79 bits per heavy atom. The zero-order valence-electron chi connectivity index (χ0n) is 16.2. The highest BCUT2D eigenvalue weighted by Crippen LogP contribution is 2.34. The molecule has 3 rings (SSSR count). The topological polar surface area (TPSA) is 47.4 Å². The molecule has 1 aliphatic rings. The van der Waals surface area contributed by atoms with E-state index in [0.29, 0.717) is 16.4 Å². The zero-order chi connectivity index (χ0) is 21.5. The molecule has 158 valence electrons. The zero-order valence-corrected chi connectivity index (χ0v) is 16.9. The fraction of sp³-hybridized carbons (Fsp3) is 0.474. The maximum Gasteiger partial charge on any atom is 0.228 e. The van der Waals surface area contributed by atoms with E-state index in [-0.39, 0.29) is 18.9 Å². The third-order valence-electron chi connectivity index (χ3n) is 4.88. The van der Waals surface area contributed by atoms with Crippen molar-refractivity contribution in [3.8, 4) is 5.75 Å². The van der Waals surface area contributed by atoms with Gasteiger partial charge in [0.05, 0.1) is 36.0 Å². The molecule has 0 N–H and O–H groups in total. The first kappa shape index (κ1) is 21.4. The van der Waals surface area contributed by atoms with Crippen molar-refractivity contribution >= 4 is 17.5 Å². The predicted octanol–water partition coefficient (Wildman–Crippen LogP) is 3.93. The summed E-state index contributed by atoms with van der Waals surface area (Å²) in [6.07, 6.45) is 1.50. The second kappa shape index (κ2) is 8.22. The van der Waals surface area contributed by atoms with Crippen molar-refractivity contribution < 1.29 is 27.1 Å². The van der Waals surface area contributed by atoms with E-state index in [2.05, 4.69) is 5.10 Å². The minimum Gasteiger partial charge on any atom is -0.487 e. The number of carbonyl (C=O) groups is 1.